The Labute approximate surface area is 158 Å². The Morgan fingerprint density at radius 2 is 1.88 bits per heavy atom. The van der Waals surface area contributed by atoms with Crippen molar-refractivity contribution in [3.8, 4) is 0 Å². The molecule has 0 unspecified atom stereocenters. The van der Waals surface area contributed by atoms with E-state index in [9.17, 15) is 4.79 Å². The Morgan fingerprint density at radius 3 is 2.69 bits per heavy atom. The highest BCUT2D eigenvalue weighted by Crippen LogP contribution is 2.34. The Balaban J connectivity index is 1.55. The summed E-state index contributed by atoms with van der Waals surface area (Å²) < 4.78 is 5.33. The van der Waals surface area contributed by atoms with Crippen LogP contribution in [0.15, 0.2) is 29.3 Å². The van der Waals surface area contributed by atoms with Gasteiger partial charge >= 0.3 is 0 Å². The van der Waals surface area contributed by atoms with Crippen molar-refractivity contribution in [3.05, 3.63) is 30.1 Å². The quantitative estimate of drug-likeness (QED) is 0.607. The first-order valence-corrected chi connectivity index (χ1v) is 10.5. The van der Waals surface area contributed by atoms with Crippen LogP contribution in [0.5, 0.6) is 0 Å². The molecule has 0 bridgehead atoms. The van der Waals surface area contributed by atoms with Crippen molar-refractivity contribution in [2.45, 2.75) is 43.0 Å². The van der Waals surface area contributed by atoms with Gasteiger partial charge in [-0.05, 0) is 18.9 Å². The van der Waals surface area contributed by atoms with E-state index in [2.05, 4.69) is 12.1 Å². The van der Waals surface area contributed by atoms with Crippen molar-refractivity contribution >= 4 is 28.6 Å². The van der Waals surface area contributed by atoms with E-state index < -0.39 is 0 Å². The molecule has 1 saturated carbocycles. The zero-order chi connectivity index (χ0) is 17.8. The predicted octanol–water partition coefficient (Wildman–Crippen LogP) is 3.63. The molecule has 0 atom stereocenters. The highest BCUT2D eigenvalue weighted by Gasteiger charge is 2.21. The van der Waals surface area contributed by atoms with Crippen LogP contribution in [0.25, 0.3) is 10.9 Å². The third-order valence-electron chi connectivity index (χ3n) is 5.25. The van der Waals surface area contributed by atoms with Crippen LogP contribution in [0.4, 0.5) is 0 Å². The Morgan fingerprint density at radius 1 is 1.12 bits per heavy atom. The molecule has 1 aromatic carbocycles. The number of ether oxygens (including phenoxy) is 1. The molecule has 6 heteroatoms. The molecule has 1 saturated heterocycles. The van der Waals surface area contributed by atoms with Crippen molar-refractivity contribution < 1.29 is 9.53 Å². The molecule has 2 aromatic rings. The van der Waals surface area contributed by atoms with Gasteiger partial charge in [-0.1, -0.05) is 49.2 Å². The van der Waals surface area contributed by atoms with Gasteiger partial charge in [-0.15, -0.1) is 0 Å². The van der Waals surface area contributed by atoms with Crippen molar-refractivity contribution in [2.75, 3.05) is 32.1 Å². The van der Waals surface area contributed by atoms with E-state index in [0.717, 1.165) is 21.8 Å². The van der Waals surface area contributed by atoms with Crippen LogP contribution >= 0.6 is 11.8 Å². The van der Waals surface area contributed by atoms with E-state index in [1.165, 1.54) is 32.1 Å². The van der Waals surface area contributed by atoms with E-state index in [1.54, 1.807) is 11.8 Å². The zero-order valence-electron chi connectivity index (χ0n) is 15.0. The first-order chi connectivity index (χ1) is 12.8. The third kappa shape index (κ3) is 4.01. The average molecular weight is 372 g/mol. The molecular weight excluding hydrogens is 346 g/mol. The summed E-state index contributed by atoms with van der Waals surface area (Å²) in [5.41, 5.74) is 0.990. The number of hydrogen-bond donors (Lipinski definition) is 0. The van der Waals surface area contributed by atoms with Crippen LogP contribution in [0.2, 0.25) is 0 Å². The fraction of sp³-hybridized carbons (Fsp3) is 0.550. The van der Waals surface area contributed by atoms with Crippen LogP contribution in [0.3, 0.4) is 0 Å². The number of para-hydroxylation sites is 1. The number of carbonyl (C=O) groups excluding carboxylic acids is 1. The summed E-state index contributed by atoms with van der Waals surface area (Å²) in [5, 5.41) is 1.99. The van der Waals surface area contributed by atoms with Gasteiger partial charge in [0.2, 0.25) is 5.91 Å². The van der Waals surface area contributed by atoms with Crippen LogP contribution in [0, 0.1) is 0 Å². The van der Waals surface area contributed by atoms with Crippen LogP contribution in [-0.2, 0) is 9.53 Å². The molecule has 2 aliphatic rings. The van der Waals surface area contributed by atoms with E-state index >= 15 is 0 Å². The summed E-state index contributed by atoms with van der Waals surface area (Å²) >= 11 is 1.55. The van der Waals surface area contributed by atoms with E-state index in [0.29, 0.717) is 38.0 Å². The maximum Gasteiger partial charge on any atom is 0.233 e. The number of amides is 1. The van der Waals surface area contributed by atoms with Gasteiger partial charge in [0, 0.05) is 24.4 Å². The molecule has 2 fully saturated rings. The monoisotopic (exact) mass is 371 g/mol. The predicted molar refractivity (Wildman–Crippen MR) is 103 cm³/mol. The number of hydrogen-bond acceptors (Lipinski definition) is 5. The smallest absolute Gasteiger partial charge is 0.233 e. The molecule has 0 N–H and O–H groups in total. The number of fused-ring (bicyclic) bond motifs is 1. The number of rotatable bonds is 4. The molecular formula is C20H25N3O2S. The molecule has 138 valence electrons. The van der Waals surface area contributed by atoms with Crippen LogP contribution in [0.1, 0.15) is 43.8 Å². The second-order valence-electron chi connectivity index (χ2n) is 7.02. The first kappa shape index (κ1) is 17.7. The molecule has 1 aliphatic carbocycles. The number of thioether (sulfide) groups is 1. The summed E-state index contributed by atoms with van der Waals surface area (Å²) in [6.45, 7) is 2.66. The number of nitrogens with zero attached hydrogens (tertiary/aromatic N) is 3. The maximum absolute atomic E-state index is 12.5. The molecule has 0 spiro atoms. The van der Waals surface area contributed by atoms with Gasteiger partial charge in [0.15, 0.2) is 0 Å². The third-order valence-corrected chi connectivity index (χ3v) is 6.23. The number of morpholine rings is 1. The first-order valence-electron chi connectivity index (χ1n) is 9.56. The van der Waals surface area contributed by atoms with E-state index in [-0.39, 0.29) is 5.91 Å². The van der Waals surface area contributed by atoms with Gasteiger partial charge in [-0.2, -0.15) is 0 Å². The van der Waals surface area contributed by atoms with Gasteiger partial charge in [-0.25, -0.2) is 9.97 Å². The number of benzene rings is 1. The van der Waals surface area contributed by atoms with Crippen molar-refractivity contribution in [1.29, 1.82) is 0 Å². The summed E-state index contributed by atoms with van der Waals surface area (Å²) in [6, 6.07) is 8.14. The molecule has 5 nitrogen and oxygen atoms in total. The minimum Gasteiger partial charge on any atom is -0.378 e. The van der Waals surface area contributed by atoms with Crippen LogP contribution < -0.4 is 0 Å². The van der Waals surface area contributed by atoms with Crippen molar-refractivity contribution in [2.24, 2.45) is 0 Å². The van der Waals surface area contributed by atoms with Gasteiger partial charge in [0.25, 0.3) is 0 Å². The molecule has 0 radical (unpaired) electrons. The Kier molecular flexibility index (Phi) is 5.70. The van der Waals surface area contributed by atoms with Crippen molar-refractivity contribution in [3.63, 3.8) is 0 Å². The fourth-order valence-corrected chi connectivity index (χ4v) is 4.68. The van der Waals surface area contributed by atoms with Crippen LogP contribution in [-0.4, -0.2) is 52.8 Å². The summed E-state index contributed by atoms with van der Waals surface area (Å²) in [7, 11) is 0. The molecule has 26 heavy (non-hydrogen) atoms. The fourth-order valence-electron chi connectivity index (χ4n) is 3.75. The molecule has 1 aromatic heterocycles. The topological polar surface area (TPSA) is 55.3 Å². The standard InChI is InChI=1S/C20H25N3O2S/c24-18(23-10-12-25-13-11-23)14-26-20-16-8-4-5-9-17(16)21-19(22-20)15-6-2-1-3-7-15/h4-5,8-9,15H,1-3,6-7,10-14H2. The van der Waals surface area contributed by atoms with E-state index in [4.69, 9.17) is 14.7 Å². The summed E-state index contributed by atoms with van der Waals surface area (Å²) in [6.07, 6.45) is 6.20. The average Bonchev–Trinajstić information content (AvgIpc) is 2.73. The molecule has 4 rings (SSSR count). The lowest BCUT2D eigenvalue weighted by Gasteiger charge is -2.26. The van der Waals surface area contributed by atoms with Gasteiger partial charge in [-0.3, -0.25) is 4.79 Å². The van der Waals surface area contributed by atoms with Gasteiger partial charge in [0.05, 0.1) is 24.5 Å². The van der Waals surface area contributed by atoms with Crippen molar-refractivity contribution in [1.82, 2.24) is 14.9 Å². The van der Waals surface area contributed by atoms with Gasteiger partial charge in [0.1, 0.15) is 10.9 Å². The maximum atomic E-state index is 12.5. The zero-order valence-corrected chi connectivity index (χ0v) is 15.8. The second kappa shape index (κ2) is 8.35. The largest absolute Gasteiger partial charge is 0.378 e. The molecule has 1 amide bonds. The Hall–Kier alpha value is -1.66. The highest BCUT2D eigenvalue weighted by molar-refractivity contribution is 8.00. The summed E-state index contributed by atoms with van der Waals surface area (Å²) in [4.78, 5) is 24.1. The normalized spacial score (nSPS) is 19.0. The minimum atomic E-state index is 0.167. The molecule has 2 heterocycles. The highest BCUT2D eigenvalue weighted by atomic mass is 32.2. The number of aromatic nitrogens is 2. The second-order valence-corrected chi connectivity index (χ2v) is 7.98. The lowest BCUT2D eigenvalue weighted by Crippen LogP contribution is -2.41. The SMILES string of the molecule is O=C(CSc1nc(C2CCCCC2)nc2ccccc12)N1CCOCC1. The van der Waals surface area contributed by atoms with E-state index in [1.807, 2.05) is 17.0 Å². The Bertz CT molecular complexity index is 771. The lowest BCUT2D eigenvalue weighted by molar-refractivity contribution is -0.132. The molecule has 1 aliphatic heterocycles. The summed E-state index contributed by atoms with van der Waals surface area (Å²) in [5.74, 6) is 2.01. The number of carbonyl (C=O) groups is 1. The minimum absolute atomic E-state index is 0.167. The lowest BCUT2D eigenvalue weighted by atomic mass is 9.88. The van der Waals surface area contributed by atoms with Gasteiger partial charge < -0.3 is 9.64 Å².